The highest BCUT2D eigenvalue weighted by atomic mass is 19.1. The van der Waals surface area contributed by atoms with E-state index < -0.39 is 17.6 Å². The molecule has 2 heterocycles. The Kier molecular flexibility index (Phi) is 4.70. The van der Waals surface area contributed by atoms with E-state index in [1.807, 2.05) is 13.8 Å². The third-order valence-corrected chi connectivity index (χ3v) is 4.42. The summed E-state index contributed by atoms with van der Waals surface area (Å²) < 4.78 is 38.4. The minimum absolute atomic E-state index is 0.0427. The molecular weight excluding hydrogens is 328 g/mol. The van der Waals surface area contributed by atoms with Gasteiger partial charge < -0.3 is 9.47 Å². The third kappa shape index (κ3) is 3.34. The van der Waals surface area contributed by atoms with Crippen LogP contribution in [0.25, 0.3) is 11.1 Å². The van der Waals surface area contributed by atoms with Crippen molar-refractivity contribution < 1.29 is 23.0 Å². The number of fused-ring (bicyclic) bond motifs is 1. The van der Waals surface area contributed by atoms with Gasteiger partial charge in [0.1, 0.15) is 17.7 Å². The maximum atomic E-state index is 14.3. The molecule has 1 aliphatic rings. The third-order valence-electron chi connectivity index (χ3n) is 4.42. The summed E-state index contributed by atoms with van der Waals surface area (Å²) in [5, 5.41) is 0. The zero-order valence-corrected chi connectivity index (χ0v) is 14.3. The lowest BCUT2D eigenvalue weighted by Gasteiger charge is -2.30. The first kappa shape index (κ1) is 17.3. The second-order valence-electron chi connectivity index (χ2n) is 6.19. The Morgan fingerprint density at radius 3 is 2.72 bits per heavy atom. The highest BCUT2D eigenvalue weighted by Crippen LogP contribution is 2.38. The van der Waals surface area contributed by atoms with Gasteiger partial charge in [-0.2, -0.15) is 0 Å². The molecule has 6 heteroatoms. The SMILES string of the molecule is CCOC(=O)c1cc(-c2ccc(F)cc2F)c2c(n1)OC(C)C(C)C2. The fourth-order valence-electron chi connectivity index (χ4n) is 2.88. The number of ether oxygens (including phenoxy) is 2. The van der Waals surface area contributed by atoms with Crippen LogP contribution < -0.4 is 4.74 Å². The van der Waals surface area contributed by atoms with Crippen molar-refractivity contribution in [2.24, 2.45) is 5.92 Å². The first-order valence-corrected chi connectivity index (χ1v) is 8.23. The molecule has 0 saturated heterocycles. The van der Waals surface area contributed by atoms with E-state index in [-0.39, 0.29) is 29.9 Å². The molecule has 1 aliphatic heterocycles. The van der Waals surface area contributed by atoms with Crippen molar-refractivity contribution >= 4 is 5.97 Å². The fraction of sp³-hybridized carbons (Fsp3) is 0.368. The molecule has 2 unspecified atom stereocenters. The molecule has 0 fully saturated rings. The van der Waals surface area contributed by atoms with Gasteiger partial charge in [-0.3, -0.25) is 0 Å². The van der Waals surface area contributed by atoms with Crippen LogP contribution in [0.1, 0.15) is 36.8 Å². The Labute approximate surface area is 144 Å². The summed E-state index contributed by atoms with van der Waals surface area (Å²) in [5.41, 5.74) is 1.44. The number of hydrogen-bond donors (Lipinski definition) is 0. The second kappa shape index (κ2) is 6.78. The van der Waals surface area contributed by atoms with E-state index in [1.165, 1.54) is 18.2 Å². The van der Waals surface area contributed by atoms with E-state index in [4.69, 9.17) is 9.47 Å². The van der Waals surface area contributed by atoms with Crippen LogP contribution in [0.15, 0.2) is 24.3 Å². The Bertz CT molecular complexity index is 823. The van der Waals surface area contributed by atoms with Gasteiger partial charge in [0.05, 0.1) is 6.61 Å². The first-order valence-electron chi connectivity index (χ1n) is 8.23. The number of aromatic nitrogens is 1. The Hall–Kier alpha value is -2.50. The van der Waals surface area contributed by atoms with Crippen LogP contribution in [0.3, 0.4) is 0 Å². The predicted octanol–water partition coefficient (Wildman–Crippen LogP) is 4.16. The second-order valence-corrected chi connectivity index (χ2v) is 6.19. The van der Waals surface area contributed by atoms with E-state index in [1.54, 1.807) is 6.92 Å². The molecule has 1 aromatic heterocycles. The molecule has 0 saturated carbocycles. The topological polar surface area (TPSA) is 48.4 Å². The normalized spacial score (nSPS) is 19.1. The molecule has 0 bridgehead atoms. The Morgan fingerprint density at radius 2 is 2.04 bits per heavy atom. The highest BCUT2D eigenvalue weighted by molar-refractivity contribution is 5.90. The predicted molar refractivity (Wildman–Crippen MR) is 88.5 cm³/mol. The summed E-state index contributed by atoms with van der Waals surface area (Å²) in [5.74, 6) is -1.47. The molecule has 2 aromatic rings. The largest absolute Gasteiger partial charge is 0.474 e. The van der Waals surface area contributed by atoms with Crippen molar-refractivity contribution in [2.45, 2.75) is 33.3 Å². The zero-order valence-electron chi connectivity index (χ0n) is 14.3. The van der Waals surface area contributed by atoms with Gasteiger partial charge >= 0.3 is 5.97 Å². The van der Waals surface area contributed by atoms with Crippen LogP contribution in [0, 0.1) is 17.6 Å². The van der Waals surface area contributed by atoms with E-state index in [9.17, 15) is 13.6 Å². The van der Waals surface area contributed by atoms with Gasteiger partial charge in [-0.15, -0.1) is 0 Å². The van der Waals surface area contributed by atoms with Crippen molar-refractivity contribution in [3.8, 4) is 17.0 Å². The molecule has 0 spiro atoms. The highest BCUT2D eigenvalue weighted by Gasteiger charge is 2.29. The number of esters is 1. The molecule has 0 N–H and O–H groups in total. The van der Waals surface area contributed by atoms with Crippen molar-refractivity contribution in [3.63, 3.8) is 0 Å². The maximum Gasteiger partial charge on any atom is 0.357 e. The van der Waals surface area contributed by atoms with Gasteiger partial charge in [0.2, 0.25) is 5.88 Å². The maximum absolute atomic E-state index is 14.3. The van der Waals surface area contributed by atoms with Gasteiger partial charge in [0, 0.05) is 17.2 Å². The number of nitrogens with zero attached hydrogens (tertiary/aromatic N) is 1. The van der Waals surface area contributed by atoms with Gasteiger partial charge in [-0.05, 0) is 49.9 Å². The van der Waals surface area contributed by atoms with Crippen molar-refractivity contribution in [3.05, 3.63) is 47.2 Å². The lowest BCUT2D eigenvalue weighted by Crippen LogP contribution is -2.29. The molecule has 3 rings (SSSR count). The van der Waals surface area contributed by atoms with Gasteiger partial charge in [-0.1, -0.05) is 6.92 Å². The van der Waals surface area contributed by atoms with E-state index in [2.05, 4.69) is 4.98 Å². The number of rotatable bonds is 3. The van der Waals surface area contributed by atoms with Gasteiger partial charge in [-0.25, -0.2) is 18.6 Å². The van der Waals surface area contributed by atoms with Crippen molar-refractivity contribution in [1.29, 1.82) is 0 Å². The summed E-state index contributed by atoms with van der Waals surface area (Å²) in [7, 11) is 0. The number of benzene rings is 1. The molecule has 132 valence electrons. The quantitative estimate of drug-likeness (QED) is 0.782. The summed E-state index contributed by atoms with van der Waals surface area (Å²) in [6, 6.07) is 4.85. The average molecular weight is 347 g/mol. The lowest BCUT2D eigenvalue weighted by atomic mass is 9.89. The molecule has 1 aromatic carbocycles. The number of carbonyl (C=O) groups is 1. The molecule has 4 nitrogen and oxygen atoms in total. The molecule has 0 amide bonds. The molecular formula is C19H19F2NO3. The summed E-state index contributed by atoms with van der Waals surface area (Å²) >= 11 is 0. The minimum atomic E-state index is -0.700. The fourth-order valence-corrected chi connectivity index (χ4v) is 2.88. The molecule has 2 atom stereocenters. The summed E-state index contributed by atoms with van der Waals surface area (Å²) in [4.78, 5) is 16.4. The van der Waals surface area contributed by atoms with Crippen LogP contribution in [0.5, 0.6) is 5.88 Å². The van der Waals surface area contributed by atoms with Gasteiger partial charge in [0.15, 0.2) is 5.69 Å². The van der Waals surface area contributed by atoms with Crippen LogP contribution in [0.4, 0.5) is 8.78 Å². The smallest absolute Gasteiger partial charge is 0.357 e. The van der Waals surface area contributed by atoms with E-state index in [0.29, 0.717) is 23.4 Å². The van der Waals surface area contributed by atoms with Crippen LogP contribution in [-0.4, -0.2) is 23.7 Å². The molecule has 0 radical (unpaired) electrons. The van der Waals surface area contributed by atoms with E-state index >= 15 is 0 Å². The Morgan fingerprint density at radius 1 is 1.28 bits per heavy atom. The van der Waals surface area contributed by atoms with Crippen molar-refractivity contribution in [1.82, 2.24) is 4.98 Å². The Balaban J connectivity index is 2.19. The monoisotopic (exact) mass is 347 g/mol. The van der Waals surface area contributed by atoms with Crippen LogP contribution >= 0.6 is 0 Å². The summed E-state index contributed by atoms with van der Waals surface area (Å²) in [6.45, 7) is 5.84. The number of pyridine rings is 1. The minimum Gasteiger partial charge on any atom is -0.474 e. The summed E-state index contributed by atoms with van der Waals surface area (Å²) in [6.07, 6.45) is 0.544. The van der Waals surface area contributed by atoms with E-state index in [0.717, 1.165) is 6.07 Å². The zero-order chi connectivity index (χ0) is 18.1. The van der Waals surface area contributed by atoms with Crippen molar-refractivity contribution in [2.75, 3.05) is 6.61 Å². The van der Waals surface area contributed by atoms with Crippen LogP contribution in [-0.2, 0) is 11.2 Å². The average Bonchev–Trinajstić information content (AvgIpc) is 2.55. The molecule has 25 heavy (non-hydrogen) atoms. The van der Waals surface area contributed by atoms with Crippen LogP contribution in [0.2, 0.25) is 0 Å². The molecule has 0 aliphatic carbocycles. The van der Waals surface area contributed by atoms with Gasteiger partial charge in [0.25, 0.3) is 0 Å². The lowest BCUT2D eigenvalue weighted by molar-refractivity contribution is 0.0515. The number of hydrogen-bond acceptors (Lipinski definition) is 4. The number of halogens is 2. The standard InChI is InChI=1S/C19H19F2NO3/c1-4-24-19(23)17-9-14(13-6-5-12(20)8-16(13)21)15-7-10(2)11(3)25-18(15)22-17/h5-6,8-11H,4,7H2,1-3H3. The number of carbonyl (C=O) groups excluding carboxylic acids is 1. The first-order chi connectivity index (χ1) is 11.9.